The quantitative estimate of drug-likeness (QED) is 0.279. The van der Waals surface area contributed by atoms with Crippen LogP contribution in [0.15, 0.2) is 66.7 Å². The highest BCUT2D eigenvalue weighted by Gasteiger charge is 2.37. The average Bonchev–Trinajstić information content (AvgIpc) is 2.89. The normalized spacial score (nSPS) is 11.9. The summed E-state index contributed by atoms with van der Waals surface area (Å²) in [6, 6.07) is 21.4. The summed E-state index contributed by atoms with van der Waals surface area (Å²) in [4.78, 5) is 29.0. The molecule has 3 aromatic rings. The summed E-state index contributed by atoms with van der Waals surface area (Å²) < 4.78 is 5.93. The van der Waals surface area contributed by atoms with Crippen molar-refractivity contribution in [3.63, 3.8) is 0 Å². The summed E-state index contributed by atoms with van der Waals surface area (Å²) in [6.07, 6.45) is 4.57. The van der Waals surface area contributed by atoms with E-state index < -0.39 is 11.4 Å². The van der Waals surface area contributed by atoms with Gasteiger partial charge in [-0.25, -0.2) is 4.98 Å². The van der Waals surface area contributed by atoms with E-state index in [-0.39, 0.29) is 17.7 Å². The van der Waals surface area contributed by atoms with Gasteiger partial charge in [0, 0.05) is 12.1 Å². The Hall–Kier alpha value is -3.93. The van der Waals surface area contributed by atoms with E-state index in [1.165, 1.54) is 5.56 Å². The number of nitrogens with one attached hydrogen (secondary N) is 1. The fraction of sp³-hybridized carbons (Fsp3) is 0.344. The first-order chi connectivity index (χ1) is 18.0. The molecule has 0 unspecified atom stereocenters. The second kappa shape index (κ2) is 12.5. The van der Waals surface area contributed by atoms with E-state index in [1.54, 1.807) is 19.9 Å². The molecule has 0 saturated carbocycles. The predicted molar refractivity (Wildman–Crippen MR) is 153 cm³/mol. The van der Waals surface area contributed by atoms with Crippen LogP contribution >= 0.6 is 0 Å². The number of hydrogen-bond acceptors (Lipinski definition) is 4. The minimum Gasteiger partial charge on any atom is -0.487 e. The molecule has 6 heteroatoms. The van der Waals surface area contributed by atoms with Gasteiger partial charge in [0.15, 0.2) is 0 Å². The maximum atomic E-state index is 12.6. The van der Waals surface area contributed by atoms with Gasteiger partial charge in [-0.05, 0) is 71.9 Å². The highest BCUT2D eigenvalue weighted by Crippen LogP contribution is 2.31. The van der Waals surface area contributed by atoms with Crippen molar-refractivity contribution in [2.24, 2.45) is 5.41 Å². The number of carbonyl (C=O) groups excluding carboxylic acids is 1. The number of benzene rings is 2. The molecule has 2 aromatic carbocycles. The third kappa shape index (κ3) is 7.78. The van der Waals surface area contributed by atoms with E-state index in [9.17, 15) is 14.7 Å². The SMILES string of the molecule is CCC(CC)(CC(=O)Nc1cccc(/C=C/c2cccc(COc3ccc(C(C)(C)C)cc3)n2)c1)C(=O)O. The highest BCUT2D eigenvalue weighted by molar-refractivity contribution is 5.94. The number of nitrogens with zero attached hydrogens (tertiary/aromatic N) is 1. The molecule has 6 nitrogen and oxygen atoms in total. The maximum Gasteiger partial charge on any atom is 0.310 e. The minimum absolute atomic E-state index is 0.0606. The van der Waals surface area contributed by atoms with Gasteiger partial charge < -0.3 is 15.2 Å². The van der Waals surface area contributed by atoms with Crippen LogP contribution in [-0.4, -0.2) is 22.0 Å². The number of hydrogen-bond donors (Lipinski definition) is 2. The largest absolute Gasteiger partial charge is 0.487 e. The third-order valence-corrected chi connectivity index (χ3v) is 6.86. The van der Waals surface area contributed by atoms with Crippen molar-refractivity contribution in [3.8, 4) is 5.75 Å². The van der Waals surface area contributed by atoms with Crippen molar-refractivity contribution in [3.05, 3.63) is 89.2 Å². The zero-order chi connectivity index (χ0) is 27.8. The number of carboxylic acid groups (broad SMARTS) is 1. The molecule has 0 aliphatic rings. The summed E-state index contributed by atoms with van der Waals surface area (Å²) in [6.45, 7) is 10.5. The number of rotatable bonds is 11. The van der Waals surface area contributed by atoms with E-state index in [1.807, 2.05) is 60.7 Å². The third-order valence-electron chi connectivity index (χ3n) is 6.86. The van der Waals surface area contributed by atoms with Crippen LogP contribution < -0.4 is 10.1 Å². The van der Waals surface area contributed by atoms with Crippen LogP contribution in [-0.2, 0) is 21.6 Å². The topological polar surface area (TPSA) is 88.5 Å². The molecular weight excluding hydrogens is 476 g/mol. The van der Waals surface area contributed by atoms with Crippen LogP contribution in [0.2, 0.25) is 0 Å². The molecule has 1 amide bonds. The first-order valence-corrected chi connectivity index (χ1v) is 13.1. The summed E-state index contributed by atoms with van der Waals surface area (Å²) >= 11 is 0. The van der Waals surface area contributed by atoms with Gasteiger partial charge in [-0.2, -0.15) is 0 Å². The summed E-state index contributed by atoms with van der Waals surface area (Å²) in [5.74, 6) is -0.439. The van der Waals surface area contributed by atoms with Gasteiger partial charge in [0.05, 0.1) is 16.8 Å². The molecule has 3 rings (SSSR count). The van der Waals surface area contributed by atoms with E-state index in [0.717, 1.165) is 22.7 Å². The second-order valence-electron chi connectivity index (χ2n) is 10.6. The zero-order valence-corrected chi connectivity index (χ0v) is 23.0. The minimum atomic E-state index is -1.04. The maximum absolute atomic E-state index is 12.6. The number of carbonyl (C=O) groups is 2. The first-order valence-electron chi connectivity index (χ1n) is 13.1. The molecule has 38 heavy (non-hydrogen) atoms. The van der Waals surface area contributed by atoms with Gasteiger partial charge >= 0.3 is 5.97 Å². The Morgan fingerprint density at radius 1 is 0.947 bits per heavy atom. The smallest absolute Gasteiger partial charge is 0.310 e. The lowest BCUT2D eigenvalue weighted by atomic mass is 9.79. The number of ether oxygens (including phenoxy) is 1. The molecule has 0 fully saturated rings. The Balaban J connectivity index is 1.62. The molecule has 0 saturated heterocycles. The lowest BCUT2D eigenvalue weighted by molar-refractivity contribution is -0.151. The number of amides is 1. The van der Waals surface area contributed by atoms with Crippen LogP contribution in [0.3, 0.4) is 0 Å². The lowest BCUT2D eigenvalue weighted by Gasteiger charge is -2.25. The fourth-order valence-electron chi connectivity index (χ4n) is 4.17. The number of carboxylic acids is 1. The first kappa shape index (κ1) is 28.6. The van der Waals surface area contributed by atoms with Crippen molar-refractivity contribution < 1.29 is 19.4 Å². The highest BCUT2D eigenvalue weighted by atomic mass is 16.5. The van der Waals surface area contributed by atoms with Crippen molar-refractivity contribution >= 4 is 29.7 Å². The Labute approximate surface area is 225 Å². The van der Waals surface area contributed by atoms with Gasteiger partial charge in [-0.1, -0.05) is 71.0 Å². The Kier molecular flexibility index (Phi) is 9.45. The summed E-state index contributed by atoms with van der Waals surface area (Å²) in [5, 5.41) is 12.4. The van der Waals surface area contributed by atoms with E-state index in [2.05, 4.69) is 43.2 Å². The zero-order valence-electron chi connectivity index (χ0n) is 23.0. The molecule has 0 aliphatic heterocycles. The van der Waals surface area contributed by atoms with E-state index in [0.29, 0.717) is 25.1 Å². The summed E-state index contributed by atoms with van der Waals surface area (Å²) in [7, 11) is 0. The van der Waals surface area contributed by atoms with Crippen LogP contribution in [0.1, 0.15) is 76.4 Å². The molecule has 1 aromatic heterocycles. The van der Waals surface area contributed by atoms with Crippen molar-refractivity contribution in [1.29, 1.82) is 0 Å². The van der Waals surface area contributed by atoms with Crippen LogP contribution in [0.4, 0.5) is 5.69 Å². The van der Waals surface area contributed by atoms with Gasteiger partial charge in [-0.15, -0.1) is 0 Å². The molecule has 0 spiro atoms. The molecule has 200 valence electrons. The Morgan fingerprint density at radius 3 is 2.26 bits per heavy atom. The Morgan fingerprint density at radius 2 is 1.63 bits per heavy atom. The number of anilines is 1. The number of aliphatic carboxylic acids is 1. The molecule has 0 atom stereocenters. The van der Waals surface area contributed by atoms with Crippen LogP contribution in [0.5, 0.6) is 5.75 Å². The molecule has 1 heterocycles. The predicted octanol–water partition coefficient (Wildman–Crippen LogP) is 7.35. The van der Waals surface area contributed by atoms with E-state index >= 15 is 0 Å². The van der Waals surface area contributed by atoms with Crippen molar-refractivity contribution in [1.82, 2.24) is 4.98 Å². The van der Waals surface area contributed by atoms with Crippen LogP contribution in [0, 0.1) is 5.41 Å². The lowest BCUT2D eigenvalue weighted by Crippen LogP contribution is -2.34. The number of aromatic nitrogens is 1. The van der Waals surface area contributed by atoms with Gasteiger partial charge in [0.2, 0.25) is 5.91 Å². The standard InChI is InChI=1S/C32H38N2O4/c1-6-32(7-2,30(36)37)21-29(35)34-26-12-8-10-23(20-26)14-17-25-11-9-13-27(33-25)22-38-28-18-15-24(16-19-28)31(3,4)5/h8-20H,6-7,21-22H2,1-5H3,(H,34,35)(H,36,37)/b17-14+. The van der Waals surface area contributed by atoms with Crippen LogP contribution in [0.25, 0.3) is 12.2 Å². The average molecular weight is 515 g/mol. The molecule has 2 N–H and O–H groups in total. The summed E-state index contributed by atoms with van der Waals surface area (Å²) in [5.41, 5.74) is 3.44. The number of pyridine rings is 1. The molecule has 0 aliphatic carbocycles. The molecular formula is C32H38N2O4. The van der Waals surface area contributed by atoms with Crippen molar-refractivity contribution in [2.75, 3.05) is 5.32 Å². The second-order valence-corrected chi connectivity index (χ2v) is 10.6. The van der Waals surface area contributed by atoms with Gasteiger partial charge in [0.25, 0.3) is 0 Å². The fourth-order valence-corrected chi connectivity index (χ4v) is 4.17. The van der Waals surface area contributed by atoms with Gasteiger partial charge in [0.1, 0.15) is 12.4 Å². The van der Waals surface area contributed by atoms with Gasteiger partial charge in [-0.3, -0.25) is 9.59 Å². The van der Waals surface area contributed by atoms with Crippen molar-refractivity contribution in [2.45, 2.75) is 65.9 Å². The molecule has 0 bridgehead atoms. The molecule has 0 radical (unpaired) electrons. The van der Waals surface area contributed by atoms with E-state index in [4.69, 9.17) is 4.74 Å². The monoisotopic (exact) mass is 514 g/mol. The Bertz CT molecular complexity index is 1270.